The molecule has 0 N–H and O–H groups in total. The van der Waals surface area contributed by atoms with Crippen LogP contribution in [0, 0.1) is 13.8 Å². The molecule has 3 heteroatoms. The first-order chi connectivity index (χ1) is 15.6. The minimum atomic E-state index is -0.101. The summed E-state index contributed by atoms with van der Waals surface area (Å²) < 4.78 is 6.64. The maximum absolute atomic E-state index is 6.64. The summed E-state index contributed by atoms with van der Waals surface area (Å²) in [4.78, 5) is 2.41. The second-order valence-corrected chi connectivity index (χ2v) is 8.33. The zero-order valence-corrected chi connectivity index (χ0v) is 19.1. The highest BCUT2D eigenvalue weighted by Crippen LogP contribution is 2.32. The molecule has 1 atom stereocenters. The van der Waals surface area contributed by atoms with Crippen molar-refractivity contribution in [2.45, 2.75) is 26.8 Å². The summed E-state index contributed by atoms with van der Waals surface area (Å²) in [7, 11) is 0. The first-order valence-corrected chi connectivity index (χ1v) is 11.3. The minimum Gasteiger partial charge on any atom is -0.425 e. The van der Waals surface area contributed by atoms with Gasteiger partial charge in [-0.25, -0.2) is 0 Å². The SMILES string of the molecule is Cc1ccccc1N(c1ccccc1C)C(C)COB(c1ccccc1)c1ccccc1. The van der Waals surface area contributed by atoms with Gasteiger partial charge in [0.1, 0.15) is 0 Å². The molecule has 0 bridgehead atoms. The molecule has 32 heavy (non-hydrogen) atoms. The van der Waals surface area contributed by atoms with Crippen LogP contribution in [0.2, 0.25) is 0 Å². The third-order valence-electron chi connectivity index (χ3n) is 5.90. The molecule has 4 rings (SSSR count). The summed E-state index contributed by atoms with van der Waals surface area (Å²) in [6.45, 7) is 7.08. The summed E-state index contributed by atoms with van der Waals surface area (Å²) in [5.74, 6) is 0. The molecule has 0 saturated heterocycles. The molecule has 0 spiro atoms. The Morgan fingerprint density at radius 2 is 1.03 bits per heavy atom. The van der Waals surface area contributed by atoms with E-state index in [2.05, 4.69) is 123 Å². The Balaban J connectivity index is 1.65. The molecule has 0 aromatic heterocycles. The maximum atomic E-state index is 6.64. The van der Waals surface area contributed by atoms with Crippen LogP contribution in [-0.2, 0) is 4.65 Å². The number of rotatable bonds is 8. The lowest BCUT2D eigenvalue weighted by molar-refractivity contribution is 0.308. The molecule has 0 amide bonds. The van der Waals surface area contributed by atoms with E-state index in [-0.39, 0.29) is 13.0 Å². The van der Waals surface area contributed by atoms with Crippen LogP contribution in [0.5, 0.6) is 0 Å². The molecule has 0 fully saturated rings. The molecule has 0 aliphatic heterocycles. The van der Waals surface area contributed by atoms with Gasteiger partial charge in [0.25, 0.3) is 0 Å². The fourth-order valence-electron chi connectivity index (χ4n) is 4.22. The van der Waals surface area contributed by atoms with Gasteiger partial charge in [-0.15, -0.1) is 0 Å². The van der Waals surface area contributed by atoms with Crippen molar-refractivity contribution in [3.05, 3.63) is 120 Å². The Labute approximate surface area is 192 Å². The van der Waals surface area contributed by atoms with E-state index < -0.39 is 0 Å². The van der Waals surface area contributed by atoms with Crippen molar-refractivity contribution in [1.82, 2.24) is 0 Å². The Morgan fingerprint density at radius 3 is 1.47 bits per heavy atom. The first kappa shape index (κ1) is 21.9. The summed E-state index contributed by atoms with van der Waals surface area (Å²) in [6.07, 6.45) is 0. The van der Waals surface area contributed by atoms with Gasteiger partial charge >= 0.3 is 6.92 Å². The number of benzene rings is 4. The highest BCUT2D eigenvalue weighted by Gasteiger charge is 2.25. The molecule has 0 aliphatic rings. The van der Waals surface area contributed by atoms with Crippen molar-refractivity contribution in [3.8, 4) is 0 Å². The van der Waals surface area contributed by atoms with Crippen LogP contribution in [0.1, 0.15) is 18.1 Å². The van der Waals surface area contributed by atoms with Gasteiger partial charge in [0.05, 0.1) is 12.6 Å². The standard InChI is InChI=1S/C29H30BNO/c1-23-14-10-12-20-28(23)31(29-21-13-11-15-24(29)2)25(3)22-32-30(26-16-6-4-7-17-26)27-18-8-5-9-19-27/h4-21,25H,22H2,1-3H3. The zero-order chi connectivity index (χ0) is 22.3. The van der Waals surface area contributed by atoms with E-state index in [1.165, 1.54) is 33.4 Å². The van der Waals surface area contributed by atoms with Crippen LogP contribution in [0.15, 0.2) is 109 Å². The van der Waals surface area contributed by atoms with Crippen LogP contribution < -0.4 is 15.8 Å². The summed E-state index contributed by atoms with van der Waals surface area (Å²) in [5, 5.41) is 0. The predicted molar refractivity (Wildman–Crippen MR) is 138 cm³/mol. The van der Waals surface area contributed by atoms with E-state index in [9.17, 15) is 0 Å². The van der Waals surface area contributed by atoms with Crippen molar-refractivity contribution >= 4 is 29.2 Å². The molecule has 1 unspecified atom stereocenters. The topological polar surface area (TPSA) is 12.5 Å². The Morgan fingerprint density at radius 1 is 0.625 bits per heavy atom. The van der Waals surface area contributed by atoms with Crippen LogP contribution in [0.25, 0.3) is 0 Å². The molecular formula is C29H30BNO. The molecule has 0 radical (unpaired) electrons. The number of nitrogens with zero attached hydrogens (tertiary/aromatic N) is 1. The van der Waals surface area contributed by atoms with E-state index in [1.807, 2.05) is 12.1 Å². The lowest BCUT2D eigenvalue weighted by Gasteiger charge is -2.34. The molecule has 4 aromatic carbocycles. The number of para-hydroxylation sites is 2. The summed E-state index contributed by atoms with van der Waals surface area (Å²) >= 11 is 0. The van der Waals surface area contributed by atoms with Gasteiger partial charge in [0.15, 0.2) is 0 Å². The number of hydrogen-bond donors (Lipinski definition) is 0. The van der Waals surface area contributed by atoms with Gasteiger partial charge in [0.2, 0.25) is 0 Å². The summed E-state index contributed by atoms with van der Waals surface area (Å²) in [5.41, 5.74) is 7.28. The molecular weight excluding hydrogens is 389 g/mol. The number of hydrogen-bond acceptors (Lipinski definition) is 2. The van der Waals surface area contributed by atoms with Crippen molar-refractivity contribution in [2.75, 3.05) is 11.5 Å². The summed E-state index contributed by atoms with van der Waals surface area (Å²) in [6, 6.07) is 38.3. The van der Waals surface area contributed by atoms with E-state index in [1.54, 1.807) is 0 Å². The quantitative estimate of drug-likeness (QED) is 0.342. The van der Waals surface area contributed by atoms with Gasteiger partial charge < -0.3 is 9.55 Å². The Hall–Kier alpha value is -3.30. The molecule has 0 saturated carbocycles. The van der Waals surface area contributed by atoms with E-state index in [4.69, 9.17) is 4.65 Å². The normalized spacial score (nSPS) is 11.7. The lowest BCUT2D eigenvalue weighted by Crippen LogP contribution is -2.47. The van der Waals surface area contributed by atoms with Gasteiger partial charge in [-0.1, -0.05) is 97.1 Å². The predicted octanol–water partition coefficient (Wildman–Crippen LogP) is 5.65. The highest BCUT2D eigenvalue weighted by atomic mass is 16.4. The van der Waals surface area contributed by atoms with Crippen molar-refractivity contribution in [3.63, 3.8) is 0 Å². The van der Waals surface area contributed by atoms with Crippen LogP contribution in [0.3, 0.4) is 0 Å². The van der Waals surface area contributed by atoms with E-state index in [0.717, 1.165) is 0 Å². The second kappa shape index (κ2) is 10.3. The largest absolute Gasteiger partial charge is 0.425 e. The van der Waals surface area contributed by atoms with Crippen molar-refractivity contribution < 1.29 is 4.65 Å². The fourth-order valence-corrected chi connectivity index (χ4v) is 4.22. The molecule has 4 aromatic rings. The van der Waals surface area contributed by atoms with Gasteiger partial charge in [-0.3, -0.25) is 0 Å². The van der Waals surface area contributed by atoms with Gasteiger partial charge in [0, 0.05) is 11.4 Å². The van der Waals surface area contributed by atoms with E-state index >= 15 is 0 Å². The highest BCUT2D eigenvalue weighted by molar-refractivity contribution is 6.80. The minimum absolute atomic E-state index is 0.101. The smallest absolute Gasteiger partial charge is 0.361 e. The lowest BCUT2D eigenvalue weighted by atomic mass is 9.55. The van der Waals surface area contributed by atoms with Gasteiger partial charge in [-0.05, 0) is 55.0 Å². The Bertz CT molecular complexity index is 1040. The maximum Gasteiger partial charge on any atom is 0.361 e. The van der Waals surface area contributed by atoms with Crippen LogP contribution >= 0.6 is 0 Å². The number of aryl methyl sites for hydroxylation is 2. The average Bonchev–Trinajstić information content (AvgIpc) is 2.83. The van der Waals surface area contributed by atoms with E-state index in [0.29, 0.717) is 6.61 Å². The van der Waals surface area contributed by atoms with Crippen molar-refractivity contribution in [2.24, 2.45) is 0 Å². The Kier molecular flexibility index (Phi) is 7.09. The molecule has 2 nitrogen and oxygen atoms in total. The molecule has 0 aliphatic carbocycles. The second-order valence-electron chi connectivity index (χ2n) is 8.33. The van der Waals surface area contributed by atoms with Crippen LogP contribution in [-0.4, -0.2) is 19.6 Å². The van der Waals surface area contributed by atoms with Gasteiger partial charge in [-0.2, -0.15) is 0 Å². The third kappa shape index (κ3) is 4.95. The van der Waals surface area contributed by atoms with Crippen LogP contribution in [0.4, 0.5) is 11.4 Å². The number of anilines is 2. The molecule has 160 valence electrons. The first-order valence-electron chi connectivity index (χ1n) is 11.3. The fraction of sp³-hybridized carbons (Fsp3) is 0.172. The third-order valence-corrected chi connectivity index (χ3v) is 5.90. The molecule has 0 heterocycles. The zero-order valence-electron chi connectivity index (χ0n) is 19.1. The monoisotopic (exact) mass is 419 g/mol. The van der Waals surface area contributed by atoms with Crippen molar-refractivity contribution in [1.29, 1.82) is 0 Å². The average molecular weight is 419 g/mol.